The Hall–Kier alpha value is -2.40. The summed E-state index contributed by atoms with van der Waals surface area (Å²) in [5, 5.41) is 9.48. The van der Waals surface area contributed by atoms with E-state index < -0.39 is 5.82 Å². The van der Waals surface area contributed by atoms with Gasteiger partial charge >= 0.3 is 0 Å². The van der Waals surface area contributed by atoms with E-state index in [-0.39, 0.29) is 17.3 Å². The van der Waals surface area contributed by atoms with E-state index in [4.69, 9.17) is 5.73 Å². The average Bonchev–Trinajstić information content (AvgIpc) is 2.49. The maximum Gasteiger partial charge on any atom is 0.258 e. The molecule has 3 N–H and O–H groups in total. The number of carbonyl (C=O) groups excluding carboxylic acids is 1. The van der Waals surface area contributed by atoms with Crippen molar-refractivity contribution in [2.24, 2.45) is 5.73 Å². The van der Waals surface area contributed by atoms with Crippen molar-refractivity contribution in [1.29, 1.82) is 0 Å². The zero-order chi connectivity index (χ0) is 15.2. The molecule has 0 aliphatic carbocycles. The van der Waals surface area contributed by atoms with E-state index in [1.807, 2.05) is 0 Å². The van der Waals surface area contributed by atoms with E-state index in [0.717, 1.165) is 0 Å². The van der Waals surface area contributed by atoms with Gasteiger partial charge in [-0.25, -0.2) is 4.39 Å². The lowest BCUT2D eigenvalue weighted by Gasteiger charge is -2.23. The number of anilines is 1. The minimum Gasteiger partial charge on any atom is -0.508 e. The number of para-hydroxylation sites is 1. The molecule has 2 rings (SSSR count). The standard InChI is InChI=1S/C16H17FN2O2/c17-14-7-1-2-8-15(14)19(10-4-9-18)16(21)12-5-3-6-13(20)11-12/h1-3,5-8,11,20H,4,9-10,18H2. The smallest absolute Gasteiger partial charge is 0.258 e. The molecule has 0 radical (unpaired) electrons. The summed E-state index contributed by atoms with van der Waals surface area (Å²) in [5.41, 5.74) is 5.99. The van der Waals surface area contributed by atoms with Crippen LogP contribution in [-0.4, -0.2) is 24.1 Å². The normalized spacial score (nSPS) is 10.4. The fourth-order valence-corrected chi connectivity index (χ4v) is 2.05. The summed E-state index contributed by atoms with van der Waals surface area (Å²) in [6, 6.07) is 12.1. The van der Waals surface area contributed by atoms with Gasteiger partial charge in [-0.1, -0.05) is 18.2 Å². The van der Waals surface area contributed by atoms with Crippen LogP contribution >= 0.6 is 0 Å². The molecule has 21 heavy (non-hydrogen) atoms. The zero-order valence-corrected chi connectivity index (χ0v) is 11.5. The highest BCUT2D eigenvalue weighted by molar-refractivity contribution is 6.06. The van der Waals surface area contributed by atoms with Crippen molar-refractivity contribution in [3.8, 4) is 5.75 Å². The van der Waals surface area contributed by atoms with Crippen LogP contribution in [0, 0.1) is 5.82 Å². The molecule has 0 atom stereocenters. The van der Waals surface area contributed by atoms with Gasteiger partial charge in [0.1, 0.15) is 11.6 Å². The number of benzene rings is 2. The van der Waals surface area contributed by atoms with Gasteiger partial charge in [-0.05, 0) is 43.3 Å². The maximum absolute atomic E-state index is 13.9. The third-order valence-corrected chi connectivity index (χ3v) is 3.07. The molecule has 0 fully saturated rings. The van der Waals surface area contributed by atoms with E-state index >= 15 is 0 Å². The van der Waals surface area contributed by atoms with Crippen molar-refractivity contribution in [2.45, 2.75) is 6.42 Å². The van der Waals surface area contributed by atoms with Crippen molar-refractivity contribution in [3.63, 3.8) is 0 Å². The Bertz CT molecular complexity index is 631. The first kappa shape index (κ1) is 15.0. The minimum atomic E-state index is -0.469. The second kappa shape index (κ2) is 6.85. The van der Waals surface area contributed by atoms with Crippen LogP contribution in [0.5, 0.6) is 5.75 Å². The topological polar surface area (TPSA) is 66.6 Å². The largest absolute Gasteiger partial charge is 0.508 e. The van der Waals surface area contributed by atoms with Crippen LogP contribution in [0.25, 0.3) is 0 Å². The number of hydrogen-bond acceptors (Lipinski definition) is 3. The number of rotatable bonds is 5. The third-order valence-electron chi connectivity index (χ3n) is 3.07. The van der Waals surface area contributed by atoms with Crippen LogP contribution in [-0.2, 0) is 0 Å². The molecule has 0 saturated heterocycles. The average molecular weight is 288 g/mol. The van der Waals surface area contributed by atoms with Crippen LogP contribution in [0.2, 0.25) is 0 Å². The number of carbonyl (C=O) groups is 1. The Balaban J connectivity index is 2.36. The molecule has 0 spiro atoms. The van der Waals surface area contributed by atoms with Gasteiger partial charge in [-0.15, -0.1) is 0 Å². The Labute approximate surface area is 122 Å². The van der Waals surface area contributed by atoms with Gasteiger partial charge in [0.05, 0.1) is 5.69 Å². The summed E-state index contributed by atoms with van der Waals surface area (Å²) in [7, 11) is 0. The van der Waals surface area contributed by atoms with Gasteiger partial charge in [-0.3, -0.25) is 4.79 Å². The van der Waals surface area contributed by atoms with Crippen molar-refractivity contribution >= 4 is 11.6 Å². The van der Waals surface area contributed by atoms with Gasteiger partial charge in [0, 0.05) is 12.1 Å². The first-order valence-electron chi connectivity index (χ1n) is 6.69. The van der Waals surface area contributed by atoms with Crippen molar-refractivity contribution in [2.75, 3.05) is 18.0 Å². The van der Waals surface area contributed by atoms with Gasteiger partial charge in [0.2, 0.25) is 0 Å². The van der Waals surface area contributed by atoms with Gasteiger partial charge in [0.15, 0.2) is 0 Å². The first-order valence-corrected chi connectivity index (χ1v) is 6.69. The number of phenolic OH excluding ortho intramolecular Hbond substituents is 1. The lowest BCUT2D eigenvalue weighted by Crippen LogP contribution is -2.33. The fraction of sp³-hybridized carbons (Fsp3) is 0.188. The van der Waals surface area contributed by atoms with E-state index in [9.17, 15) is 14.3 Å². The molecule has 5 heteroatoms. The lowest BCUT2D eigenvalue weighted by molar-refractivity contribution is 0.0985. The molecule has 0 bridgehead atoms. The zero-order valence-electron chi connectivity index (χ0n) is 11.5. The lowest BCUT2D eigenvalue weighted by atomic mass is 10.1. The monoisotopic (exact) mass is 288 g/mol. The van der Waals surface area contributed by atoms with Crippen molar-refractivity contribution < 1.29 is 14.3 Å². The number of nitrogens with two attached hydrogens (primary N) is 1. The Kier molecular flexibility index (Phi) is 4.90. The molecule has 1 amide bonds. The van der Waals surface area contributed by atoms with Crippen LogP contribution in [0.15, 0.2) is 48.5 Å². The fourth-order valence-electron chi connectivity index (χ4n) is 2.05. The Morgan fingerprint density at radius 3 is 2.62 bits per heavy atom. The van der Waals surface area contributed by atoms with Crippen LogP contribution < -0.4 is 10.6 Å². The highest BCUT2D eigenvalue weighted by Gasteiger charge is 2.20. The number of nitrogens with zero attached hydrogens (tertiary/aromatic N) is 1. The molecule has 4 nitrogen and oxygen atoms in total. The molecular formula is C16H17FN2O2. The second-order valence-corrected chi connectivity index (χ2v) is 4.60. The van der Waals surface area contributed by atoms with E-state index in [1.165, 1.54) is 23.1 Å². The summed E-state index contributed by atoms with van der Waals surface area (Å²) >= 11 is 0. The van der Waals surface area contributed by atoms with E-state index in [1.54, 1.807) is 30.3 Å². The number of amides is 1. The number of halogens is 1. The van der Waals surface area contributed by atoms with Gasteiger partial charge < -0.3 is 15.7 Å². The van der Waals surface area contributed by atoms with E-state index in [2.05, 4.69) is 0 Å². The summed E-state index contributed by atoms with van der Waals surface area (Å²) in [5.74, 6) is -0.847. The SMILES string of the molecule is NCCCN(C(=O)c1cccc(O)c1)c1ccccc1F. The van der Waals surface area contributed by atoms with Gasteiger partial charge in [-0.2, -0.15) is 0 Å². The van der Waals surface area contributed by atoms with Crippen LogP contribution in [0.3, 0.4) is 0 Å². The Morgan fingerprint density at radius 2 is 1.95 bits per heavy atom. The third kappa shape index (κ3) is 3.58. The van der Waals surface area contributed by atoms with Gasteiger partial charge in [0.25, 0.3) is 5.91 Å². The van der Waals surface area contributed by atoms with Crippen molar-refractivity contribution in [1.82, 2.24) is 0 Å². The quantitative estimate of drug-likeness (QED) is 0.888. The van der Waals surface area contributed by atoms with Crippen LogP contribution in [0.1, 0.15) is 16.8 Å². The molecule has 0 heterocycles. The van der Waals surface area contributed by atoms with E-state index in [0.29, 0.717) is 25.1 Å². The summed E-state index contributed by atoms with van der Waals surface area (Å²) in [6.45, 7) is 0.712. The summed E-state index contributed by atoms with van der Waals surface area (Å²) in [6.07, 6.45) is 0.554. The van der Waals surface area contributed by atoms with Crippen molar-refractivity contribution in [3.05, 3.63) is 59.9 Å². The molecule has 2 aromatic carbocycles. The Morgan fingerprint density at radius 1 is 1.19 bits per heavy atom. The van der Waals surface area contributed by atoms with Crippen LogP contribution in [0.4, 0.5) is 10.1 Å². The molecule has 0 aromatic heterocycles. The number of aromatic hydroxyl groups is 1. The highest BCUT2D eigenvalue weighted by Crippen LogP contribution is 2.22. The number of hydrogen-bond donors (Lipinski definition) is 2. The summed E-state index contributed by atoms with van der Waals surface area (Å²) in [4.78, 5) is 13.9. The number of phenols is 1. The molecule has 2 aromatic rings. The molecule has 0 aliphatic heterocycles. The first-order chi connectivity index (χ1) is 10.1. The highest BCUT2D eigenvalue weighted by atomic mass is 19.1. The second-order valence-electron chi connectivity index (χ2n) is 4.60. The predicted octanol–water partition coefficient (Wildman–Crippen LogP) is 2.53. The molecular weight excluding hydrogens is 271 g/mol. The minimum absolute atomic E-state index is 0.00633. The molecule has 0 saturated carbocycles. The molecule has 0 unspecified atom stereocenters. The molecule has 0 aliphatic rings. The molecule has 110 valence electrons. The predicted molar refractivity (Wildman–Crippen MR) is 79.9 cm³/mol. The maximum atomic E-state index is 13.9. The summed E-state index contributed by atoms with van der Waals surface area (Å²) < 4.78 is 13.9.